The average molecular weight is 277 g/mol. The maximum absolute atomic E-state index is 5.75. The molecule has 1 aromatic heterocycles. The molecule has 2 aromatic rings. The Balaban J connectivity index is 2.09. The van der Waals surface area contributed by atoms with Crippen molar-refractivity contribution in [1.82, 2.24) is 15.5 Å². The van der Waals surface area contributed by atoms with Crippen LogP contribution in [0.5, 0.6) is 11.5 Å². The van der Waals surface area contributed by atoms with Gasteiger partial charge in [0, 0.05) is 24.2 Å². The molecule has 1 heterocycles. The molecule has 1 aromatic carbocycles. The van der Waals surface area contributed by atoms with E-state index in [1.54, 1.807) is 7.11 Å². The summed E-state index contributed by atoms with van der Waals surface area (Å²) in [6.45, 7) is 5.19. The van der Waals surface area contributed by atoms with Gasteiger partial charge in [0.2, 0.25) is 12.2 Å². The summed E-state index contributed by atoms with van der Waals surface area (Å²) in [5.74, 6) is 2.01. The van der Waals surface area contributed by atoms with Gasteiger partial charge in [0.15, 0.2) is 6.61 Å². The van der Waals surface area contributed by atoms with Gasteiger partial charge >= 0.3 is 0 Å². The van der Waals surface area contributed by atoms with Crippen LogP contribution in [0.4, 0.5) is 0 Å². The Morgan fingerprint density at radius 1 is 1.35 bits per heavy atom. The molecule has 0 bridgehead atoms. The summed E-state index contributed by atoms with van der Waals surface area (Å²) in [6.07, 6.45) is 1.28. The molecule has 0 radical (unpaired) electrons. The number of methoxy groups -OCH3 is 1. The maximum Gasteiger partial charge on any atom is 0.213 e. The number of aromatic nitrogens is 2. The van der Waals surface area contributed by atoms with Crippen LogP contribution in [0.1, 0.15) is 25.2 Å². The van der Waals surface area contributed by atoms with Gasteiger partial charge in [-0.05, 0) is 6.07 Å². The minimum Gasteiger partial charge on any atom is -0.497 e. The molecule has 0 saturated carbocycles. The van der Waals surface area contributed by atoms with Crippen LogP contribution < -0.4 is 14.8 Å². The number of nitrogens with zero attached hydrogens (tertiary/aromatic N) is 2. The summed E-state index contributed by atoms with van der Waals surface area (Å²) < 4.78 is 15.7. The molecular weight excluding hydrogens is 258 g/mol. The van der Waals surface area contributed by atoms with Crippen molar-refractivity contribution in [2.75, 3.05) is 7.11 Å². The van der Waals surface area contributed by atoms with Crippen molar-refractivity contribution in [3.63, 3.8) is 0 Å². The molecule has 0 aliphatic heterocycles. The molecule has 2 rings (SSSR count). The first kappa shape index (κ1) is 14.3. The van der Waals surface area contributed by atoms with Gasteiger partial charge in [-0.2, -0.15) is 4.98 Å². The number of rotatable bonds is 7. The Labute approximate surface area is 118 Å². The summed E-state index contributed by atoms with van der Waals surface area (Å²) in [5, 5.41) is 7.08. The van der Waals surface area contributed by atoms with Gasteiger partial charge < -0.3 is 19.3 Å². The molecule has 108 valence electrons. The topological polar surface area (TPSA) is 69.4 Å². The predicted octanol–water partition coefficient (Wildman–Crippen LogP) is 2.16. The fraction of sp³-hybridized carbons (Fsp3) is 0.429. The van der Waals surface area contributed by atoms with E-state index in [0.717, 1.165) is 23.6 Å². The standard InChI is InChI=1S/C14H19N3O3/c1-10(2)15-7-11-4-5-12(18-3)6-13(11)19-8-14-16-9-20-17-14/h4-6,9-10,15H,7-8H2,1-3H3. The SMILES string of the molecule is COc1ccc(CNC(C)C)c(OCc2ncon2)c1. The highest BCUT2D eigenvalue weighted by Crippen LogP contribution is 2.25. The van der Waals surface area contributed by atoms with Crippen molar-refractivity contribution < 1.29 is 14.0 Å². The lowest BCUT2D eigenvalue weighted by Crippen LogP contribution is -2.22. The van der Waals surface area contributed by atoms with E-state index in [1.807, 2.05) is 18.2 Å². The molecule has 0 fully saturated rings. The normalized spacial score (nSPS) is 10.8. The van der Waals surface area contributed by atoms with Crippen LogP contribution in [0, 0.1) is 0 Å². The summed E-state index contributed by atoms with van der Waals surface area (Å²) >= 11 is 0. The second-order valence-electron chi connectivity index (χ2n) is 4.65. The van der Waals surface area contributed by atoms with E-state index in [1.165, 1.54) is 6.39 Å². The Bertz CT molecular complexity index is 526. The predicted molar refractivity (Wildman–Crippen MR) is 73.6 cm³/mol. The highest BCUT2D eigenvalue weighted by Gasteiger charge is 2.08. The lowest BCUT2D eigenvalue weighted by Gasteiger charge is -2.14. The molecule has 6 nitrogen and oxygen atoms in total. The molecular formula is C14H19N3O3. The first-order chi connectivity index (χ1) is 9.69. The van der Waals surface area contributed by atoms with Crippen LogP contribution in [0.15, 0.2) is 29.1 Å². The number of hydrogen-bond donors (Lipinski definition) is 1. The van der Waals surface area contributed by atoms with E-state index < -0.39 is 0 Å². The second kappa shape index (κ2) is 6.91. The second-order valence-corrected chi connectivity index (χ2v) is 4.65. The van der Waals surface area contributed by atoms with E-state index in [2.05, 4.69) is 33.8 Å². The Hall–Kier alpha value is -2.08. The molecule has 20 heavy (non-hydrogen) atoms. The molecule has 0 amide bonds. The Morgan fingerprint density at radius 2 is 2.20 bits per heavy atom. The van der Waals surface area contributed by atoms with E-state index >= 15 is 0 Å². The van der Waals surface area contributed by atoms with E-state index in [4.69, 9.17) is 9.47 Å². The number of benzene rings is 1. The van der Waals surface area contributed by atoms with Crippen molar-refractivity contribution in [2.24, 2.45) is 0 Å². The van der Waals surface area contributed by atoms with Gasteiger partial charge in [0.1, 0.15) is 11.5 Å². The minimum absolute atomic E-state index is 0.262. The fourth-order valence-electron chi connectivity index (χ4n) is 1.65. The Morgan fingerprint density at radius 3 is 2.85 bits per heavy atom. The fourth-order valence-corrected chi connectivity index (χ4v) is 1.65. The molecule has 0 aliphatic carbocycles. The van der Waals surface area contributed by atoms with E-state index in [9.17, 15) is 0 Å². The maximum atomic E-state index is 5.75. The largest absolute Gasteiger partial charge is 0.497 e. The van der Waals surface area contributed by atoms with Gasteiger partial charge in [-0.3, -0.25) is 0 Å². The third-order valence-electron chi connectivity index (χ3n) is 2.74. The quantitative estimate of drug-likeness (QED) is 0.836. The highest BCUT2D eigenvalue weighted by molar-refractivity contribution is 5.40. The first-order valence-electron chi connectivity index (χ1n) is 6.47. The van der Waals surface area contributed by atoms with E-state index in [-0.39, 0.29) is 6.61 Å². The van der Waals surface area contributed by atoms with Crippen LogP contribution >= 0.6 is 0 Å². The van der Waals surface area contributed by atoms with Gasteiger partial charge in [0.05, 0.1) is 7.11 Å². The average Bonchev–Trinajstić information content (AvgIpc) is 2.96. The summed E-state index contributed by atoms with van der Waals surface area (Å²) in [5.41, 5.74) is 1.06. The zero-order chi connectivity index (χ0) is 14.4. The summed E-state index contributed by atoms with van der Waals surface area (Å²) in [6, 6.07) is 6.16. The lowest BCUT2D eigenvalue weighted by molar-refractivity contribution is 0.281. The molecule has 0 atom stereocenters. The van der Waals surface area contributed by atoms with E-state index in [0.29, 0.717) is 11.9 Å². The van der Waals surface area contributed by atoms with Gasteiger partial charge in [-0.15, -0.1) is 0 Å². The molecule has 0 spiro atoms. The van der Waals surface area contributed by atoms with Crippen molar-refractivity contribution in [3.8, 4) is 11.5 Å². The zero-order valence-corrected chi connectivity index (χ0v) is 11.9. The monoisotopic (exact) mass is 277 g/mol. The zero-order valence-electron chi connectivity index (χ0n) is 11.9. The van der Waals surface area contributed by atoms with Gasteiger partial charge in [-0.25, -0.2) is 0 Å². The highest BCUT2D eigenvalue weighted by atomic mass is 16.5. The molecule has 0 aliphatic rings. The minimum atomic E-state index is 0.262. The van der Waals surface area contributed by atoms with Crippen molar-refractivity contribution >= 4 is 0 Å². The van der Waals surface area contributed by atoms with Crippen LogP contribution in [-0.2, 0) is 13.2 Å². The van der Waals surface area contributed by atoms with Crippen molar-refractivity contribution in [2.45, 2.75) is 33.0 Å². The number of ether oxygens (including phenoxy) is 2. The number of nitrogens with one attached hydrogen (secondary N) is 1. The molecule has 0 saturated heterocycles. The van der Waals surface area contributed by atoms with Gasteiger partial charge in [-0.1, -0.05) is 25.1 Å². The smallest absolute Gasteiger partial charge is 0.213 e. The van der Waals surface area contributed by atoms with Gasteiger partial charge in [0.25, 0.3) is 0 Å². The number of hydrogen-bond acceptors (Lipinski definition) is 6. The molecule has 1 N–H and O–H groups in total. The van der Waals surface area contributed by atoms with Crippen LogP contribution in [0.2, 0.25) is 0 Å². The molecule has 6 heteroatoms. The first-order valence-corrected chi connectivity index (χ1v) is 6.47. The third kappa shape index (κ3) is 3.96. The summed E-state index contributed by atoms with van der Waals surface area (Å²) in [4.78, 5) is 3.93. The lowest BCUT2D eigenvalue weighted by atomic mass is 10.2. The van der Waals surface area contributed by atoms with Crippen LogP contribution in [-0.4, -0.2) is 23.3 Å². The third-order valence-corrected chi connectivity index (χ3v) is 2.74. The van der Waals surface area contributed by atoms with Crippen molar-refractivity contribution in [3.05, 3.63) is 36.0 Å². The Kier molecular flexibility index (Phi) is 4.95. The van der Waals surface area contributed by atoms with Crippen LogP contribution in [0.25, 0.3) is 0 Å². The summed E-state index contributed by atoms with van der Waals surface area (Å²) in [7, 11) is 1.63. The van der Waals surface area contributed by atoms with Crippen LogP contribution in [0.3, 0.4) is 0 Å². The molecule has 0 unspecified atom stereocenters. The van der Waals surface area contributed by atoms with Crippen molar-refractivity contribution in [1.29, 1.82) is 0 Å².